The van der Waals surface area contributed by atoms with E-state index in [0.29, 0.717) is 18.0 Å². The second-order valence-electron chi connectivity index (χ2n) is 7.60. The standard InChI is InChI=1S/C23H27BrN2O2S/c1-18(2)19(3)26(29(27,28)23-13-11-21(24)12-14-23)17-22-10-7-15-25(22)16-20-8-5-4-6-9-20/h4-15,18-19H,16-17H2,1-3H3. The fourth-order valence-electron chi connectivity index (χ4n) is 3.21. The van der Waals surface area contributed by atoms with Crippen molar-refractivity contribution < 1.29 is 8.42 Å². The number of aromatic nitrogens is 1. The highest BCUT2D eigenvalue weighted by Gasteiger charge is 2.31. The van der Waals surface area contributed by atoms with Crippen molar-refractivity contribution >= 4 is 26.0 Å². The zero-order valence-electron chi connectivity index (χ0n) is 17.0. The molecule has 0 saturated carbocycles. The maximum Gasteiger partial charge on any atom is 0.243 e. The largest absolute Gasteiger partial charge is 0.346 e. The number of hydrogen-bond acceptors (Lipinski definition) is 2. The quantitative estimate of drug-likeness (QED) is 0.430. The lowest BCUT2D eigenvalue weighted by molar-refractivity contribution is 0.265. The lowest BCUT2D eigenvalue weighted by Gasteiger charge is -2.31. The van der Waals surface area contributed by atoms with E-state index in [2.05, 4.69) is 46.5 Å². The molecular weight excluding hydrogens is 448 g/mol. The van der Waals surface area contributed by atoms with Gasteiger partial charge in [0.2, 0.25) is 10.0 Å². The van der Waals surface area contributed by atoms with Crippen molar-refractivity contribution in [3.63, 3.8) is 0 Å². The Morgan fingerprint density at radius 1 is 0.931 bits per heavy atom. The fraction of sp³-hybridized carbons (Fsp3) is 0.304. The minimum atomic E-state index is -3.63. The number of benzene rings is 2. The molecule has 1 heterocycles. The maximum atomic E-state index is 13.5. The molecule has 0 bridgehead atoms. The summed E-state index contributed by atoms with van der Waals surface area (Å²) in [6, 6.07) is 20.9. The Bertz CT molecular complexity index is 1030. The summed E-state index contributed by atoms with van der Waals surface area (Å²) in [5.74, 6) is 0.192. The predicted molar refractivity (Wildman–Crippen MR) is 121 cm³/mol. The number of sulfonamides is 1. The summed E-state index contributed by atoms with van der Waals surface area (Å²) < 4.78 is 31.6. The van der Waals surface area contributed by atoms with Crippen molar-refractivity contribution in [2.45, 2.75) is 44.8 Å². The average Bonchev–Trinajstić information content (AvgIpc) is 3.13. The van der Waals surface area contributed by atoms with Crippen LogP contribution < -0.4 is 0 Å². The molecule has 0 N–H and O–H groups in total. The molecular formula is C23H27BrN2O2S. The van der Waals surface area contributed by atoms with Crippen LogP contribution in [0.1, 0.15) is 32.0 Å². The summed E-state index contributed by atoms with van der Waals surface area (Å²) in [5.41, 5.74) is 2.16. The van der Waals surface area contributed by atoms with Gasteiger partial charge in [-0.2, -0.15) is 4.31 Å². The van der Waals surface area contributed by atoms with Crippen LogP contribution in [0.15, 0.2) is 82.3 Å². The van der Waals surface area contributed by atoms with E-state index in [1.807, 2.05) is 43.5 Å². The zero-order chi connectivity index (χ0) is 21.0. The van der Waals surface area contributed by atoms with Crippen molar-refractivity contribution in [1.82, 2.24) is 8.87 Å². The van der Waals surface area contributed by atoms with Crippen LogP contribution in [0.2, 0.25) is 0 Å². The first-order chi connectivity index (χ1) is 13.8. The molecule has 0 amide bonds. The van der Waals surface area contributed by atoms with Gasteiger partial charge in [0.25, 0.3) is 0 Å². The summed E-state index contributed by atoms with van der Waals surface area (Å²) >= 11 is 3.38. The van der Waals surface area contributed by atoms with Gasteiger partial charge in [-0.05, 0) is 54.8 Å². The number of nitrogens with zero attached hydrogens (tertiary/aromatic N) is 2. The van der Waals surface area contributed by atoms with Gasteiger partial charge in [0.05, 0.1) is 11.4 Å². The van der Waals surface area contributed by atoms with Crippen LogP contribution in [0, 0.1) is 5.92 Å². The van der Waals surface area contributed by atoms with Gasteiger partial charge in [0.15, 0.2) is 0 Å². The minimum absolute atomic E-state index is 0.135. The Hall–Kier alpha value is -1.89. The maximum absolute atomic E-state index is 13.5. The van der Waals surface area contributed by atoms with Gasteiger partial charge in [-0.15, -0.1) is 0 Å². The Balaban J connectivity index is 1.93. The van der Waals surface area contributed by atoms with Gasteiger partial charge >= 0.3 is 0 Å². The highest BCUT2D eigenvalue weighted by atomic mass is 79.9. The third-order valence-corrected chi connectivity index (χ3v) is 7.75. The molecule has 154 valence electrons. The fourth-order valence-corrected chi connectivity index (χ4v) is 5.21. The molecule has 0 fully saturated rings. The van der Waals surface area contributed by atoms with Crippen LogP contribution >= 0.6 is 15.9 Å². The number of halogens is 1. The highest BCUT2D eigenvalue weighted by Crippen LogP contribution is 2.26. The monoisotopic (exact) mass is 474 g/mol. The van der Waals surface area contributed by atoms with E-state index < -0.39 is 10.0 Å². The van der Waals surface area contributed by atoms with Crippen molar-refractivity contribution in [2.24, 2.45) is 5.92 Å². The topological polar surface area (TPSA) is 42.3 Å². The molecule has 3 rings (SSSR count). The summed E-state index contributed by atoms with van der Waals surface area (Å²) in [7, 11) is -3.63. The van der Waals surface area contributed by atoms with Crippen molar-refractivity contribution in [2.75, 3.05) is 0 Å². The Morgan fingerprint density at radius 3 is 2.21 bits per heavy atom. The first-order valence-electron chi connectivity index (χ1n) is 9.74. The van der Waals surface area contributed by atoms with Gasteiger partial charge in [-0.1, -0.05) is 60.1 Å². The van der Waals surface area contributed by atoms with Crippen molar-refractivity contribution in [3.05, 3.63) is 88.7 Å². The lowest BCUT2D eigenvalue weighted by Crippen LogP contribution is -2.41. The molecule has 0 saturated heterocycles. The van der Waals surface area contributed by atoms with E-state index in [-0.39, 0.29) is 12.0 Å². The molecule has 2 aromatic carbocycles. The van der Waals surface area contributed by atoms with Crippen LogP contribution in [0.5, 0.6) is 0 Å². The molecule has 0 aliphatic rings. The first kappa shape index (κ1) is 21.8. The number of hydrogen-bond donors (Lipinski definition) is 0. The lowest BCUT2D eigenvalue weighted by atomic mass is 10.1. The predicted octanol–water partition coefficient (Wildman–Crippen LogP) is 5.53. The van der Waals surface area contributed by atoms with Gasteiger partial charge in [0, 0.05) is 29.0 Å². The van der Waals surface area contributed by atoms with E-state index in [0.717, 1.165) is 10.2 Å². The minimum Gasteiger partial charge on any atom is -0.346 e. The molecule has 1 unspecified atom stereocenters. The van der Waals surface area contributed by atoms with Gasteiger partial charge in [-0.25, -0.2) is 8.42 Å². The van der Waals surface area contributed by atoms with Gasteiger partial charge < -0.3 is 4.57 Å². The van der Waals surface area contributed by atoms with Gasteiger partial charge in [0.1, 0.15) is 0 Å². The van der Waals surface area contributed by atoms with Crippen molar-refractivity contribution in [1.29, 1.82) is 0 Å². The van der Waals surface area contributed by atoms with Crippen LogP contribution in [0.25, 0.3) is 0 Å². The van der Waals surface area contributed by atoms with Crippen LogP contribution in [0.4, 0.5) is 0 Å². The summed E-state index contributed by atoms with van der Waals surface area (Å²) in [6.07, 6.45) is 2.01. The molecule has 6 heteroatoms. The molecule has 0 aliphatic carbocycles. The number of rotatable bonds is 8. The van der Waals surface area contributed by atoms with E-state index in [1.54, 1.807) is 28.6 Å². The van der Waals surface area contributed by atoms with Gasteiger partial charge in [-0.3, -0.25) is 0 Å². The molecule has 4 nitrogen and oxygen atoms in total. The Kier molecular flexibility index (Phi) is 6.98. The molecule has 0 radical (unpaired) electrons. The molecule has 1 aromatic heterocycles. The molecule has 3 aromatic rings. The van der Waals surface area contributed by atoms with E-state index >= 15 is 0 Å². The van der Waals surface area contributed by atoms with Crippen molar-refractivity contribution in [3.8, 4) is 0 Å². The molecule has 0 spiro atoms. The normalized spacial score (nSPS) is 13.2. The Labute approximate surface area is 182 Å². The SMILES string of the molecule is CC(C)C(C)N(Cc1cccn1Cc1ccccc1)S(=O)(=O)c1ccc(Br)cc1. The summed E-state index contributed by atoms with van der Waals surface area (Å²) in [6.45, 7) is 7.13. The Morgan fingerprint density at radius 2 is 1.59 bits per heavy atom. The molecule has 0 aliphatic heterocycles. The summed E-state index contributed by atoms with van der Waals surface area (Å²) in [5, 5.41) is 0. The van der Waals surface area contributed by atoms with Crippen LogP contribution in [-0.4, -0.2) is 23.3 Å². The average molecular weight is 475 g/mol. The third-order valence-electron chi connectivity index (χ3n) is 5.28. The third kappa shape index (κ3) is 5.18. The second kappa shape index (κ2) is 9.28. The first-order valence-corrected chi connectivity index (χ1v) is 12.0. The van der Waals surface area contributed by atoms with E-state index in [4.69, 9.17) is 0 Å². The molecule has 29 heavy (non-hydrogen) atoms. The zero-order valence-corrected chi connectivity index (χ0v) is 19.4. The smallest absolute Gasteiger partial charge is 0.243 e. The van der Waals surface area contributed by atoms with E-state index in [9.17, 15) is 8.42 Å². The summed E-state index contributed by atoms with van der Waals surface area (Å²) in [4.78, 5) is 0.314. The van der Waals surface area contributed by atoms with E-state index in [1.165, 1.54) is 5.56 Å². The highest BCUT2D eigenvalue weighted by molar-refractivity contribution is 9.10. The molecule has 1 atom stereocenters. The second-order valence-corrected chi connectivity index (χ2v) is 10.4. The van der Waals surface area contributed by atoms with Crippen LogP contribution in [-0.2, 0) is 23.1 Å². The van der Waals surface area contributed by atoms with Crippen LogP contribution in [0.3, 0.4) is 0 Å².